The van der Waals surface area contributed by atoms with Crippen LogP contribution < -0.4 is 10.1 Å². The van der Waals surface area contributed by atoms with Crippen molar-refractivity contribution in [2.45, 2.75) is 13.0 Å². The van der Waals surface area contributed by atoms with Gasteiger partial charge in [0, 0.05) is 12.1 Å². The highest BCUT2D eigenvalue weighted by molar-refractivity contribution is 6.30. The molecule has 0 radical (unpaired) electrons. The first kappa shape index (κ1) is 15.8. The number of carbonyl (C=O) groups excluding carboxylic acids is 1. The van der Waals surface area contributed by atoms with Crippen LogP contribution in [0.3, 0.4) is 0 Å². The molecule has 0 bridgehead atoms. The SMILES string of the molecule is COCC(CO)NC(=O)COc1ccc(Cl)cc1C. The second-order valence-corrected chi connectivity index (χ2v) is 4.54. The average molecular weight is 288 g/mol. The molecule has 1 aromatic carbocycles. The van der Waals surface area contributed by atoms with Crippen LogP contribution in [0.1, 0.15) is 5.56 Å². The molecule has 0 aromatic heterocycles. The molecule has 0 heterocycles. The van der Waals surface area contributed by atoms with Crippen LogP contribution in [0.4, 0.5) is 0 Å². The summed E-state index contributed by atoms with van der Waals surface area (Å²) in [6, 6.07) is 4.75. The van der Waals surface area contributed by atoms with Crippen LogP contribution in [0.5, 0.6) is 5.75 Å². The molecule has 1 atom stereocenters. The molecule has 0 aliphatic heterocycles. The van der Waals surface area contributed by atoms with E-state index in [9.17, 15) is 4.79 Å². The van der Waals surface area contributed by atoms with E-state index < -0.39 is 6.04 Å². The van der Waals surface area contributed by atoms with Gasteiger partial charge in [0.15, 0.2) is 6.61 Å². The Bertz CT molecular complexity index is 425. The molecule has 5 nitrogen and oxygen atoms in total. The van der Waals surface area contributed by atoms with E-state index in [0.29, 0.717) is 10.8 Å². The lowest BCUT2D eigenvalue weighted by Crippen LogP contribution is -2.42. The first-order chi connectivity index (χ1) is 9.06. The number of aliphatic hydroxyl groups excluding tert-OH is 1. The number of hydrogen-bond acceptors (Lipinski definition) is 4. The van der Waals surface area contributed by atoms with Crippen LogP contribution in [0.15, 0.2) is 18.2 Å². The highest BCUT2D eigenvalue weighted by Crippen LogP contribution is 2.21. The molecule has 2 N–H and O–H groups in total. The maximum atomic E-state index is 11.6. The third-order valence-electron chi connectivity index (χ3n) is 2.45. The number of aryl methyl sites for hydroxylation is 1. The second kappa shape index (κ2) is 7.99. The minimum atomic E-state index is -0.424. The van der Waals surface area contributed by atoms with Crippen LogP contribution in [0.25, 0.3) is 0 Å². The quantitative estimate of drug-likeness (QED) is 0.789. The fourth-order valence-corrected chi connectivity index (χ4v) is 1.76. The minimum Gasteiger partial charge on any atom is -0.484 e. The molecule has 0 spiro atoms. The highest BCUT2D eigenvalue weighted by Gasteiger charge is 2.12. The number of methoxy groups -OCH3 is 1. The van der Waals surface area contributed by atoms with Gasteiger partial charge in [0.1, 0.15) is 5.75 Å². The Kier molecular flexibility index (Phi) is 6.62. The zero-order chi connectivity index (χ0) is 14.3. The van der Waals surface area contributed by atoms with Gasteiger partial charge in [0.2, 0.25) is 0 Å². The van der Waals surface area contributed by atoms with E-state index in [0.717, 1.165) is 5.56 Å². The van der Waals surface area contributed by atoms with E-state index in [1.54, 1.807) is 18.2 Å². The van der Waals surface area contributed by atoms with Crippen molar-refractivity contribution in [3.8, 4) is 5.75 Å². The van der Waals surface area contributed by atoms with Crippen molar-refractivity contribution in [2.24, 2.45) is 0 Å². The van der Waals surface area contributed by atoms with Gasteiger partial charge < -0.3 is 19.9 Å². The Labute approximate surface area is 117 Å². The van der Waals surface area contributed by atoms with Gasteiger partial charge in [0.25, 0.3) is 5.91 Å². The number of ether oxygens (including phenoxy) is 2. The zero-order valence-corrected chi connectivity index (χ0v) is 11.7. The molecule has 1 rings (SSSR count). The van der Waals surface area contributed by atoms with Crippen molar-refractivity contribution in [1.29, 1.82) is 0 Å². The van der Waals surface area contributed by atoms with E-state index >= 15 is 0 Å². The first-order valence-electron chi connectivity index (χ1n) is 5.85. The molecular weight excluding hydrogens is 270 g/mol. The van der Waals surface area contributed by atoms with Crippen LogP contribution >= 0.6 is 11.6 Å². The molecule has 0 saturated carbocycles. The van der Waals surface area contributed by atoms with Gasteiger partial charge in [-0.1, -0.05) is 11.6 Å². The number of carbonyl (C=O) groups is 1. The van der Waals surface area contributed by atoms with E-state index in [4.69, 9.17) is 26.2 Å². The third-order valence-corrected chi connectivity index (χ3v) is 2.68. The standard InChI is InChI=1S/C13H18ClNO4/c1-9-5-10(14)3-4-12(9)19-8-13(17)15-11(6-16)7-18-2/h3-5,11,16H,6-8H2,1-2H3,(H,15,17). The molecule has 1 unspecified atom stereocenters. The summed E-state index contributed by atoms with van der Waals surface area (Å²) in [7, 11) is 1.50. The number of rotatable bonds is 7. The Morgan fingerprint density at radius 2 is 2.26 bits per heavy atom. The Morgan fingerprint density at radius 1 is 1.53 bits per heavy atom. The van der Waals surface area contributed by atoms with E-state index in [-0.39, 0.29) is 25.7 Å². The lowest BCUT2D eigenvalue weighted by molar-refractivity contribution is -0.124. The van der Waals surface area contributed by atoms with Gasteiger partial charge >= 0.3 is 0 Å². The summed E-state index contributed by atoms with van der Waals surface area (Å²) >= 11 is 5.83. The number of nitrogens with one attached hydrogen (secondary N) is 1. The van der Waals surface area contributed by atoms with Crippen LogP contribution in [0.2, 0.25) is 5.02 Å². The van der Waals surface area contributed by atoms with Crippen molar-refractivity contribution in [2.75, 3.05) is 26.9 Å². The summed E-state index contributed by atoms with van der Waals surface area (Å²) in [5, 5.41) is 12.2. The van der Waals surface area contributed by atoms with Gasteiger partial charge in [-0.05, 0) is 30.7 Å². The Hall–Kier alpha value is -1.30. The molecule has 0 aliphatic rings. The number of aliphatic hydroxyl groups is 1. The average Bonchev–Trinajstić information content (AvgIpc) is 2.37. The highest BCUT2D eigenvalue weighted by atomic mass is 35.5. The van der Waals surface area contributed by atoms with Crippen LogP contribution in [-0.4, -0.2) is 44.0 Å². The molecule has 1 aromatic rings. The van der Waals surface area contributed by atoms with Crippen molar-refractivity contribution in [1.82, 2.24) is 5.32 Å². The maximum Gasteiger partial charge on any atom is 0.258 e. The van der Waals surface area contributed by atoms with Gasteiger partial charge in [0.05, 0.1) is 19.3 Å². The largest absolute Gasteiger partial charge is 0.484 e. The third kappa shape index (κ3) is 5.46. The maximum absolute atomic E-state index is 11.6. The molecule has 0 aliphatic carbocycles. The molecule has 0 fully saturated rings. The number of hydrogen-bond donors (Lipinski definition) is 2. The summed E-state index contributed by atoms with van der Waals surface area (Å²) in [5.74, 6) is 0.289. The molecular formula is C13H18ClNO4. The van der Waals surface area contributed by atoms with E-state index in [1.165, 1.54) is 7.11 Å². The fraction of sp³-hybridized carbons (Fsp3) is 0.462. The van der Waals surface area contributed by atoms with Crippen LogP contribution in [0, 0.1) is 6.92 Å². The number of halogens is 1. The van der Waals surface area contributed by atoms with Crippen molar-refractivity contribution in [3.63, 3.8) is 0 Å². The molecule has 19 heavy (non-hydrogen) atoms. The monoisotopic (exact) mass is 287 g/mol. The molecule has 6 heteroatoms. The summed E-state index contributed by atoms with van der Waals surface area (Å²) in [5.41, 5.74) is 0.857. The summed E-state index contributed by atoms with van der Waals surface area (Å²) < 4.78 is 10.2. The minimum absolute atomic E-state index is 0.122. The second-order valence-electron chi connectivity index (χ2n) is 4.10. The predicted octanol–water partition coefficient (Wildman–Crippen LogP) is 1.15. The molecule has 0 saturated heterocycles. The lowest BCUT2D eigenvalue weighted by atomic mass is 10.2. The number of amides is 1. The van der Waals surface area contributed by atoms with E-state index in [2.05, 4.69) is 5.32 Å². The van der Waals surface area contributed by atoms with Crippen molar-refractivity contribution < 1.29 is 19.4 Å². The summed E-state index contributed by atoms with van der Waals surface area (Å²) in [6.07, 6.45) is 0. The van der Waals surface area contributed by atoms with E-state index in [1.807, 2.05) is 6.92 Å². The van der Waals surface area contributed by atoms with Gasteiger partial charge in [-0.15, -0.1) is 0 Å². The zero-order valence-electron chi connectivity index (χ0n) is 11.0. The normalized spacial score (nSPS) is 12.0. The summed E-state index contributed by atoms with van der Waals surface area (Å²) in [6.45, 7) is 1.80. The van der Waals surface area contributed by atoms with Gasteiger partial charge in [-0.2, -0.15) is 0 Å². The topological polar surface area (TPSA) is 67.8 Å². The first-order valence-corrected chi connectivity index (χ1v) is 6.22. The molecule has 1 amide bonds. The summed E-state index contributed by atoms with van der Waals surface area (Å²) in [4.78, 5) is 11.6. The smallest absolute Gasteiger partial charge is 0.258 e. The molecule has 106 valence electrons. The predicted molar refractivity (Wildman–Crippen MR) is 72.6 cm³/mol. The Morgan fingerprint density at radius 3 is 2.84 bits per heavy atom. The lowest BCUT2D eigenvalue weighted by Gasteiger charge is -2.15. The number of benzene rings is 1. The fourth-order valence-electron chi connectivity index (χ4n) is 1.53. The van der Waals surface area contributed by atoms with Crippen molar-refractivity contribution >= 4 is 17.5 Å². The van der Waals surface area contributed by atoms with Crippen LogP contribution in [-0.2, 0) is 9.53 Å². The van der Waals surface area contributed by atoms with Gasteiger partial charge in [-0.25, -0.2) is 0 Å². The Balaban J connectivity index is 2.45. The van der Waals surface area contributed by atoms with Crippen molar-refractivity contribution in [3.05, 3.63) is 28.8 Å². The van der Waals surface area contributed by atoms with Gasteiger partial charge in [-0.3, -0.25) is 4.79 Å².